The molecule has 0 heterocycles. The third-order valence-electron chi connectivity index (χ3n) is 3.85. The van der Waals surface area contributed by atoms with Crippen LogP contribution >= 0.6 is 0 Å². The number of aryl methyl sites for hydroxylation is 1. The number of rotatable bonds is 3. The molecule has 0 bridgehead atoms. The van der Waals surface area contributed by atoms with Crippen LogP contribution in [0.4, 0.5) is 5.69 Å². The predicted octanol–water partition coefficient (Wildman–Crippen LogP) is 4.10. The summed E-state index contributed by atoms with van der Waals surface area (Å²) in [5, 5.41) is 0. The van der Waals surface area contributed by atoms with Crippen LogP contribution in [0.15, 0.2) is 30.4 Å². The van der Waals surface area contributed by atoms with E-state index in [-0.39, 0.29) is 0 Å². The molecule has 1 heteroatoms. The third-order valence-corrected chi connectivity index (χ3v) is 3.85. The van der Waals surface area contributed by atoms with E-state index in [1.54, 1.807) is 0 Å². The van der Waals surface area contributed by atoms with Crippen molar-refractivity contribution in [1.82, 2.24) is 0 Å². The topological polar surface area (TPSA) is 3.24 Å². The smallest absolute Gasteiger partial charge is 0.0396 e. The Morgan fingerprint density at radius 2 is 2.12 bits per heavy atom. The lowest BCUT2D eigenvalue weighted by Crippen LogP contribution is -2.26. The predicted molar refractivity (Wildman–Crippen MR) is 75.7 cm³/mol. The van der Waals surface area contributed by atoms with Crippen LogP contribution in [0.25, 0.3) is 0 Å². The Hall–Kier alpha value is -1.24. The monoisotopic (exact) mass is 229 g/mol. The Kier molecular flexibility index (Phi) is 3.88. The van der Waals surface area contributed by atoms with Crippen LogP contribution in [-0.4, -0.2) is 13.6 Å². The van der Waals surface area contributed by atoms with Crippen LogP contribution in [0.5, 0.6) is 0 Å². The highest BCUT2D eigenvalue weighted by atomic mass is 15.1. The van der Waals surface area contributed by atoms with Gasteiger partial charge in [-0.3, -0.25) is 0 Å². The zero-order chi connectivity index (χ0) is 12.3. The molecule has 1 unspecified atom stereocenters. The van der Waals surface area contributed by atoms with Gasteiger partial charge in [0.2, 0.25) is 0 Å². The highest BCUT2D eigenvalue weighted by molar-refractivity contribution is 5.55. The summed E-state index contributed by atoms with van der Waals surface area (Å²) in [6, 6.07) is 6.58. The van der Waals surface area contributed by atoms with Gasteiger partial charge in [-0.15, -0.1) is 0 Å². The first-order chi connectivity index (χ1) is 8.18. The molecule has 0 amide bonds. The summed E-state index contributed by atoms with van der Waals surface area (Å²) in [5.74, 6) is 0.730. The van der Waals surface area contributed by atoms with Gasteiger partial charge < -0.3 is 4.90 Å². The molecule has 92 valence electrons. The minimum atomic E-state index is 0.730. The highest BCUT2D eigenvalue weighted by Gasteiger charge is 2.13. The molecule has 1 aliphatic carbocycles. The molecule has 0 spiro atoms. The van der Waals surface area contributed by atoms with Crippen LogP contribution in [0.1, 0.15) is 30.4 Å². The van der Waals surface area contributed by atoms with Crippen molar-refractivity contribution in [3.05, 3.63) is 41.5 Å². The van der Waals surface area contributed by atoms with E-state index in [9.17, 15) is 0 Å². The van der Waals surface area contributed by atoms with Crippen molar-refractivity contribution >= 4 is 5.69 Å². The number of allylic oxidation sites excluding steroid dienone is 1. The van der Waals surface area contributed by atoms with E-state index < -0.39 is 0 Å². The second-order valence-corrected chi connectivity index (χ2v) is 5.22. The Bertz CT molecular complexity index is 406. The van der Waals surface area contributed by atoms with Gasteiger partial charge in [0.05, 0.1) is 0 Å². The lowest BCUT2D eigenvalue weighted by atomic mass is 9.95. The molecule has 1 aliphatic rings. The van der Waals surface area contributed by atoms with Gasteiger partial charge in [0.15, 0.2) is 0 Å². The van der Waals surface area contributed by atoms with Crippen molar-refractivity contribution in [3.8, 4) is 0 Å². The number of hydrogen-bond acceptors (Lipinski definition) is 1. The maximum absolute atomic E-state index is 2.41. The second-order valence-electron chi connectivity index (χ2n) is 5.22. The molecule has 0 N–H and O–H groups in total. The Labute approximate surface area is 105 Å². The van der Waals surface area contributed by atoms with Crippen molar-refractivity contribution in [3.63, 3.8) is 0 Å². The van der Waals surface area contributed by atoms with Crippen molar-refractivity contribution in [2.75, 3.05) is 18.5 Å². The van der Waals surface area contributed by atoms with Gasteiger partial charge in [0.25, 0.3) is 0 Å². The fourth-order valence-electron chi connectivity index (χ4n) is 2.63. The largest absolute Gasteiger partial charge is 0.374 e. The fourth-order valence-corrected chi connectivity index (χ4v) is 2.63. The van der Waals surface area contributed by atoms with E-state index in [4.69, 9.17) is 0 Å². The minimum absolute atomic E-state index is 0.730. The molecule has 1 nitrogen and oxygen atoms in total. The van der Waals surface area contributed by atoms with E-state index in [0.717, 1.165) is 12.5 Å². The van der Waals surface area contributed by atoms with Crippen LogP contribution in [0.2, 0.25) is 0 Å². The van der Waals surface area contributed by atoms with E-state index in [2.05, 4.69) is 56.1 Å². The Morgan fingerprint density at radius 1 is 1.29 bits per heavy atom. The van der Waals surface area contributed by atoms with Gasteiger partial charge in [0, 0.05) is 19.3 Å². The van der Waals surface area contributed by atoms with Crippen LogP contribution in [-0.2, 0) is 0 Å². The summed E-state index contributed by atoms with van der Waals surface area (Å²) >= 11 is 0. The molecule has 1 aromatic carbocycles. The van der Waals surface area contributed by atoms with Gasteiger partial charge in [0.1, 0.15) is 0 Å². The zero-order valence-electron chi connectivity index (χ0n) is 11.2. The van der Waals surface area contributed by atoms with Crippen molar-refractivity contribution in [2.24, 2.45) is 5.92 Å². The van der Waals surface area contributed by atoms with Crippen molar-refractivity contribution in [1.29, 1.82) is 0 Å². The van der Waals surface area contributed by atoms with E-state index in [1.807, 2.05) is 0 Å². The average molecular weight is 229 g/mol. The van der Waals surface area contributed by atoms with Crippen LogP contribution in [0.3, 0.4) is 0 Å². The first-order valence-corrected chi connectivity index (χ1v) is 6.62. The maximum Gasteiger partial charge on any atom is 0.0396 e. The molecular formula is C16H23N. The zero-order valence-corrected chi connectivity index (χ0v) is 11.2. The fraction of sp³-hybridized carbons (Fsp3) is 0.500. The summed E-state index contributed by atoms with van der Waals surface area (Å²) in [5.41, 5.74) is 4.17. The van der Waals surface area contributed by atoms with Crippen LogP contribution < -0.4 is 4.90 Å². The SMILES string of the molecule is Cc1cccc(N(C)CC2C=CCCC2)c1C. The molecule has 0 fully saturated rings. The Morgan fingerprint density at radius 3 is 2.82 bits per heavy atom. The molecule has 0 aliphatic heterocycles. The molecule has 0 aromatic heterocycles. The molecule has 1 atom stereocenters. The van der Waals surface area contributed by atoms with Gasteiger partial charge in [-0.25, -0.2) is 0 Å². The maximum atomic E-state index is 2.41. The molecule has 0 radical (unpaired) electrons. The standard InChI is InChI=1S/C16H23N/c1-13-8-7-11-16(14(13)2)17(3)12-15-9-5-4-6-10-15/h5,7-9,11,15H,4,6,10,12H2,1-3H3. The lowest BCUT2D eigenvalue weighted by Gasteiger charge is -2.27. The molecule has 2 rings (SSSR count). The van der Waals surface area contributed by atoms with Crippen molar-refractivity contribution < 1.29 is 0 Å². The van der Waals surface area contributed by atoms with Gasteiger partial charge in [-0.1, -0.05) is 24.3 Å². The van der Waals surface area contributed by atoms with Gasteiger partial charge >= 0.3 is 0 Å². The average Bonchev–Trinajstić information content (AvgIpc) is 2.34. The first kappa shape index (κ1) is 12.2. The quantitative estimate of drug-likeness (QED) is 0.705. The summed E-state index contributed by atoms with van der Waals surface area (Å²) in [6.45, 7) is 5.55. The van der Waals surface area contributed by atoms with Gasteiger partial charge in [-0.2, -0.15) is 0 Å². The molecule has 17 heavy (non-hydrogen) atoms. The number of nitrogens with zero attached hydrogens (tertiary/aromatic N) is 1. The van der Waals surface area contributed by atoms with E-state index >= 15 is 0 Å². The van der Waals surface area contributed by atoms with E-state index in [0.29, 0.717) is 0 Å². The van der Waals surface area contributed by atoms with Crippen LogP contribution in [0, 0.1) is 19.8 Å². The number of anilines is 1. The third kappa shape index (κ3) is 2.91. The molecule has 0 saturated carbocycles. The first-order valence-electron chi connectivity index (χ1n) is 6.62. The van der Waals surface area contributed by atoms with Gasteiger partial charge in [-0.05, 0) is 56.2 Å². The summed E-state index contributed by atoms with van der Waals surface area (Å²) in [4.78, 5) is 2.41. The van der Waals surface area contributed by atoms with E-state index in [1.165, 1.54) is 36.1 Å². The lowest BCUT2D eigenvalue weighted by molar-refractivity contribution is 0.539. The molecular weight excluding hydrogens is 206 g/mol. The highest BCUT2D eigenvalue weighted by Crippen LogP contribution is 2.25. The minimum Gasteiger partial charge on any atom is -0.374 e. The number of hydrogen-bond donors (Lipinski definition) is 0. The summed E-state index contributed by atoms with van der Waals surface area (Å²) < 4.78 is 0. The summed E-state index contributed by atoms with van der Waals surface area (Å²) in [7, 11) is 2.21. The molecule has 0 saturated heterocycles. The Balaban J connectivity index is 2.08. The number of benzene rings is 1. The normalized spacial score (nSPS) is 19.4. The second kappa shape index (κ2) is 5.39. The molecule has 1 aromatic rings. The van der Waals surface area contributed by atoms with Crippen molar-refractivity contribution in [2.45, 2.75) is 33.1 Å². The summed E-state index contributed by atoms with van der Waals surface area (Å²) in [6.07, 6.45) is 8.69.